The summed E-state index contributed by atoms with van der Waals surface area (Å²) in [4.78, 5) is 0. The van der Waals surface area contributed by atoms with Gasteiger partial charge >= 0.3 is 0 Å². The first-order valence-corrected chi connectivity index (χ1v) is 16.9. The van der Waals surface area contributed by atoms with Gasteiger partial charge in [-0.2, -0.15) is 5.26 Å². The van der Waals surface area contributed by atoms with Crippen LogP contribution in [0.1, 0.15) is 5.56 Å². The largest absolute Gasteiger partial charge is 0.192 e. The Morgan fingerprint density at radius 2 is 0.870 bits per heavy atom. The molecule has 0 unspecified atom stereocenters. The average Bonchev–Trinajstić information content (AvgIpc) is 3.69. The molecule has 3 heteroatoms. The van der Waals surface area contributed by atoms with E-state index in [4.69, 9.17) is 0 Å². The highest BCUT2D eigenvalue weighted by atomic mass is 32.1. The van der Waals surface area contributed by atoms with E-state index in [-0.39, 0.29) is 0 Å². The lowest BCUT2D eigenvalue weighted by molar-refractivity contribution is 1.47. The summed E-state index contributed by atoms with van der Waals surface area (Å²) in [6, 6.07) is 56.8. The molecule has 9 aromatic rings. The van der Waals surface area contributed by atoms with Crippen LogP contribution in [0.2, 0.25) is 0 Å². The minimum absolute atomic E-state index is 0.668. The third-order valence-corrected chi connectivity index (χ3v) is 11.2. The second kappa shape index (κ2) is 10.8. The molecular weight excluding hydrogens is 595 g/mol. The quantitative estimate of drug-likeness (QED) is 0.192. The molecular formula is C43H25NS2. The van der Waals surface area contributed by atoms with E-state index in [1.807, 2.05) is 40.9 Å². The maximum Gasteiger partial charge on any atom is 0.0998 e. The van der Waals surface area contributed by atoms with Crippen LogP contribution in [0, 0.1) is 11.3 Å². The van der Waals surface area contributed by atoms with Gasteiger partial charge in [0.25, 0.3) is 0 Å². The molecule has 1 nitrogen and oxygen atoms in total. The number of hydrogen-bond acceptors (Lipinski definition) is 3. The fourth-order valence-corrected chi connectivity index (χ4v) is 8.94. The van der Waals surface area contributed by atoms with Gasteiger partial charge in [0.1, 0.15) is 0 Å². The van der Waals surface area contributed by atoms with Gasteiger partial charge in [-0.25, -0.2) is 0 Å². The number of hydrogen-bond donors (Lipinski definition) is 0. The number of nitrogens with zero attached hydrogens (tertiary/aromatic N) is 1. The van der Waals surface area contributed by atoms with Crippen molar-refractivity contribution >= 4 is 63.0 Å². The topological polar surface area (TPSA) is 23.8 Å². The molecule has 0 saturated heterocycles. The van der Waals surface area contributed by atoms with Crippen LogP contribution in [-0.2, 0) is 0 Å². The molecule has 0 aliphatic rings. The molecule has 2 aromatic heterocycles. The maximum atomic E-state index is 10.4. The summed E-state index contributed by atoms with van der Waals surface area (Å²) in [5.74, 6) is 0. The molecule has 0 saturated carbocycles. The highest BCUT2D eigenvalue weighted by molar-refractivity contribution is 7.26. The molecule has 0 spiro atoms. The standard InChI is InChI=1S/C43H25NS2/c44-26-30-12-4-5-13-32(30)43-35(28-18-20-41-37(22-28)33-14-6-8-16-39(33)45-41)24-31(27-10-2-1-3-11-27)25-36(43)29-19-21-42-38(23-29)34-15-7-9-17-40(34)46-42/h1-25H. The van der Waals surface area contributed by atoms with Gasteiger partial charge in [0, 0.05) is 45.9 Å². The molecule has 0 aliphatic heterocycles. The van der Waals surface area contributed by atoms with Gasteiger partial charge in [0.05, 0.1) is 11.6 Å². The average molecular weight is 620 g/mol. The Hall–Kier alpha value is -5.53. The van der Waals surface area contributed by atoms with Crippen LogP contribution in [0.5, 0.6) is 0 Å². The Kier molecular flexibility index (Phi) is 6.31. The smallest absolute Gasteiger partial charge is 0.0998 e. The second-order valence-electron chi connectivity index (χ2n) is 11.6. The van der Waals surface area contributed by atoms with E-state index in [1.165, 1.54) is 40.3 Å². The lowest BCUT2D eigenvalue weighted by Crippen LogP contribution is -1.95. The monoisotopic (exact) mass is 619 g/mol. The highest BCUT2D eigenvalue weighted by Crippen LogP contribution is 2.47. The van der Waals surface area contributed by atoms with Gasteiger partial charge in [-0.05, 0) is 93.5 Å². The zero-order valence-electron chi connectivity index (χ0n) is 24.7. The molecule has 0 N–H and O–H groups in total. The van der Waals surface area contributed by atoms with Crippen LogP contribution in [0.25, 0.3) is 84.9 Å². The SMILES string of the molecule is N#Cc1ccccc1-c1c(-c2ccc3sc4ccccc4c3c2)cc(-c2ccccc2)cc1-c1ccc2sc3ccccc3c2c1. The predicted octanol–water partition coefficient (Wildman–Crippen LogP) is 13.0. The summed E-state index contributed by atoms with van der Waals surface area (Å²) < 4.78 is 5.13. The predicted molar refractivity (Wildman–Crippen MR) is 199 cm³/mol. The third-order valence-electron chi connectivity index (χ3n) is 8.94. The Morgan fingerprint density at radius 1 is 0.370 bits per heavy atom. The highest BCUT2D eigenvalue weighted by Gasteiger charge is 2.21. The lowest BCUT2D eigenvalue weighted by Gasteiger charge is -2.20. The van der Waals surface area contributed by atoms with E-state index in [0.717, 1.165) is 44.5 Å². The molecule has 7 aromatic carbocycles. The van der Waals surface area contributed by atoms with E-state index >= 15 is 0 Å². The molecule has 0 fully saturated rings. The summed E-state index contributed by atoms with van der Waals surface area (Å²) in [5.41, 5.74) is 9.51. The molecule has 0 radical (unpaired) electrons. The zero-order chi connectivity index (χ0) is 30.6. The minimum Gasteiger partial charge on any atom is -0.192 e. The van der Waals surface area contributed by atoms with Crippen molar-refractivity contribution in [2.45, 2.75) is 0 Å². The summed E-state index contributed by atoms with van der Waals surface area (Å²) in [6.45, 7) is 0. The Bertz CT molecular complexity index is 2520. The Labute approximate surface area is 274 Å². The summed E-state index contributed by atoms with van der Waals surface area (Å²) in [6.07, 6.45) is 0. The van der Waals surface area contributed by atoms with E-state index in [1.54, 1.807) is 0 Å². The second-order valence-corrected chi connectivity index (χ2v) is 13.8. The van der Waals surface area contributed by atoms with Crippen molar-refractivity contribution in [1.82, 2.24) is 0 Å². The summed E-state index contributed by atoms with van der Waals surface area (Å²) in [7, 11) is 0. The molecule has 0 amide bonds. The number of fused-ring (bicyclic) bond motifs is 6. The fourth-order valence-electron chi connectivity index (χ4n) is 6.77. The van der Waals surface area contributed by atoms with Crippen LogP contribution in [-0.4, -0.2) is 0 Å². The summed E-state index contributed by atoms with van der Waals surface area (Å²) in [5, 5.41) is 15.4. The molecule has 2 heterocycles. The van der Waals surface area contributed by atoms with Crippen molar-refractivity contribution in [1.29, 1.82) is 5.26 Å². The normalized spacial score (nSPS) is 11.5. The van der Waals surface area contributed by atoms with Gasteiger partial charge in [0.15, 0.2) is 0 Å². The van der Waals surface area contributed by atoms with Crippen LogP contribution in [0.4, 0.5) is 0 Å². The minimum atomic E-state index is 0.668. The van der Waals surface area contributed by atoms with Gasteiger partial charge in [0.2, 0.25) is 0 Å². The molecule has 0 aliphatic carbocycles. The van der Waals surface area contributed by atoms with E-state index in [2.05, 4.69) is 140 Å². The van der Waals surface area contributed by atoms with Crippen molar-refractivity contribution in [3.05, 3.63) is 157 Å². The van der Waals surface area contributed by atoms with Gasteiger partial charge < -0.3 is 0 Å². The lowest BCUT2D eigenvalue weighted by atomic mass is 9.83. The van der Waals surface area contributed by atoms with Gasteiger partial charge in [-0.15, -0.1) is 22.7 Å². The molecule has 9 rings (SSSR count). The summed E-state index contributed by atoms with van der Waals surface area (Å²) >= 11 is 3.67. The molecule has 0 bridgehead atoms. The van der Waals surface area contributed by atoms with Crippen LogP contribution in [0.3, 0.4) is 0 Å². The van der Waals surface area contributed by atoms with Crippen molar-refractivity contribution < 1.29 is 0 Å². The van der Waals surface area contributed by atoms with Crippen molar-refractivity contribution in [3.8, 4) is 50.6 Å². The maximum absolute atomic E-state index is 10.4. The fraction of sp³-hybridized carbons (Fsp3) is 0. The van der Waals surface area contributed by atoms with Crippen LogP contribution in [0.15, 0.2) is 152 Å². The van der Waals surface area contributed by atoms with Crippen LogP contribution >= 0.6 is 22.7 Å². The number of rotatable bonds is 4. The number of thiophene rings is 2. The molecule has 46 heavy (non-hydrogen) atoms. The van der Waals surface area contributed by atoms with E-state index in [9.17, 15) is 5.26 Å². The number of nitriles is 1. The van der Waals surface area contributed by atoms with Crippen LogP contribution < -0.4 is 0 Å². The van der Waals surface area contributed by atoms with Gasteiger partial charge in [-0.3, -0.25) is 0 Å². The third kappa shape index (κ3) is 4.35. The first-order chi connectivity index (χ1) is 22.7. The van der Waals surface area contributed by atoms with Crippen molar-refractivity contribution in [2.24, 2.45) is 0 Å². The Balaban J connectivity index is 1.41. The first-order valence-electron chi connectivity index (χ1n) is 15.3. The van der Waals surface area contributed by atoms with Gasteiger partial charge in [-0.1, -0.05) is 97.1 Å². The molecule has 214 valence electrons. The van der Waals surface area contributed by atoms with Crippen molar-refractivity contribution in [2.75, 3.05) is 0 Å². The number of benzene rings is 7. The Morgan fingerprint density at radius 3 is 1.46 bits per heavy atom. The van der Waals surface area contributed by atoms with E-state index < -0.39 is 0 Å². The van der Waals surface area contributed by atoms with Crippen molar-refractivity contribution in [3.63, 3.8) is 0 Å². The zero-order valence-corrected chi connectivity index (χ0v) is 26.3. The first kappa shape index (κ1) is 26.8. The molecule has 0 atom stereocenters. The van der Waals surface area contributed by atoms with E-state index in [0.29, 0.717) is 5.56 Å².